The van der Waals surface area contributed by atoms with E-state index in [0.29, 0.717) is 11.1 Å². The molecule has 3 rings (SSSR count). The molecule has 160 valence electrons. The molecule has 2 aromatic carbocycles. The van der Waals surface area contributed by atoms with Crippen LogP contribution in [0.2, 0.25) is 0 Å². The van der Waals surface area contributed by atoms with Crippen LogP contribution in [-0.4, -0.2) is 24.7 Å². The van der Waals surface area contributed by atoms with E-state index >= 15 is 0 Å². The van der Waals surface area contributed by atoms with Gasteiger partial charge in [-0.15, -0.1) is 0 Å². The molecule has 0 unspecified atom stereocenters. The summed E-state index contributed by atoms with van der Waals surface area (Å²) in [4.78, 5) is 28.1. The molecular weight excluding hydrogens is 370 g/mol. The predicted molar refractivity (Wildman–Crippen MR) is 125 cm³/mol. The van der Waals surface area contributed by atoms with Crippen LogP contribution in [0.1, 0.15) is 97.4 Å². The number of hydrogen-bond acceptors (Lipinski definition) is 3. The van der Waals surface area contributed by atoms with Crippen molar-refractivity contribution in [3.8, 4) is 0 Å². The molecule has 0 aliphatic heterocycles. The molecule has 3 nitrogen and oxygen atoms in total. The van der Waals surface area contributed by atoms with E-state index in [1.807, 2.05) is 24.3 Å². The van der Waals surface area contributed by atoms with E-state index in [4.69, 9.17) is 0 Å². The zero-order valence-electron chi connectivity index (χ0n) is 18.5. The summed E-state index contributed by atoms with van der Waals surface area (Å²) in [5, 5.41) is 0. The number of rotatable bonds is 12. The van der Waals surface area contributed by atoms with Gasteiger partial charge in [0.05, 0.1) is 0 Å². The molecule has 0 aromatic heterocycles. The smallest absolute Gasteiger partial charge is 0.178 e. The number of carbonyl (C=O) groups is 2. The summed E-state index contributed by atoms with van der Waals surface area (Å²) >= 11 is 0. The highest BCUT2D eigenvalue weighted by Crippen LogP contribution is 2.34. The van der Waals surface area contributed by atoms with Gasteiger partial charge in [-0.05, 0) is 30.5 Å². The molecule has 0 spiro atoms. The summed E-state index contributed by atoms with van der Waals surface area (Å²) in [6.45, 7) is 6.62. The van der Waals surface area contributed by atoms with Crippen LogP contribution in [0, 0.1) is 0 Å². The van der Waals surface area contributed by atoms with Crippen LogP contribution in [-0.2, 0) is 0 Å². The topological polar surface area (TPSA) is 37.4 Å². The highest BCUT2D eigenvalue weighted by molar-refractivity contribution is 6.29. The third kappa shape index (κ3) is 5.19. The first-order chi connectivity index (χ1) is 14.7. The Morgan fingerprint density at radius 1 is 0.667 bits per heavy atom. The molecule has 1 aliphatic carbocycles. The maximum atomic E-state index is 12.8. The molecule has 0 amide bonds. The van der Waals surface area contributed by atoms with Crippen LogP contribution in [0.3, 0.4) is 0 Å². The van der Waals surface area contributed by atoms with E-state index in [2.05, 4.69) is 30.9 Å². The van der Waals surface area contributed by atoms with Gasteiger partial charge in [-0.1, -0.05) is 88.8 Å². The fourth-order valence-electron chi connectivity index (χ4n) is 4.35. The SMILES string of the molecule is CCCCCCN(CCCCCC)c1ccc(C2C(=O)c3ccccc3C2=O)cc1. The minimum atomic E-state index is -0.681. The van der Waals surface area contributed by atoms with Crippen molar-refractivity contribution < 1.29 is 9.59 Å². The monoisotopic (exact) mass is 405 g/mol. The number of Topliss-reactive ketones (excluding diaryl/α,β-unsaturated/α-hetero) is 2. The Hall–Kier alpha value is -2.42. The highest BCUT2D eigenvalue weighted by Gasteiger charge is 2.39. The molecule has 3 heteroatoms. The Labute approximate surface area is 181 Å². The average molecular weight is 406 g/mol. The first-order valence-electron chi connectivity index (χ1n) is 11.7. The minimum absolute atomic E-state index is 0.0701. The summed E-state index contributed by atoms with van der Waals surface area (Å²) < 4.78 is 0. The van der Waals surface area contributed by atoms with Gasteiger partial charge in [0.2, 0.25) is 0 Å². The lowest BCUT2D eigenvalue weighted by atomic mass is 9.94. The lowest BCUT2D eigenvalue weighted by molar-refractivity contribution is 0.0890. The fraction of sp³-hybridized carbons (Fsp3) is 0.481. The van der Waals surface area contributed by atoms with E-state index in [1.165, 1.54) is 57.1 Å². The van der Waals surface area contributed by atoms with Gasteiger partial charge in [-0.2, -0.15) is 0 Å². The fourth-order valence-corrected chi connectivity index (χ4v) is 4.35. The van der Waals surface area contributed by atoms with Crippen molar-refractivity contribution in [2.75, 3.05) is 18.0 Å². The van der Waals surface area contributed by atoms with Crippen molar-refractivity contribution in [3.05, 3.63) is 65.2 Å². The number of hydrogen-bond donors (Lipinski definition) is 0. The minimum Gasteiger partial charge on any atom is -0.372 e. The molecule has 0 fully saturated rings. The van der Waals surface area contributed by atoms with E-state index in [9.17, 15) is 9.59 Å². The second-order valence-corrected chi connectivity index (χ2v) is 8.41. The number of anilines is 1. The Morgan fingerprint density at radius 2 is 1.17 bits per heavy atom. The first kappa shape index (κ1) is 22.3. The third-order valence-corrected chi connectivity index (χ3v) is 6.14. The number of nitrogens with zero attached hydrogens (tertiary/aromatic N) is 1. The van der Waals surface area contributed by atoms with E-state index in [1.54, 1.807) is 12.1 Å². The number of ketones is 2. The van der Waals surface area contributed by atoms with Gasteiger partial charge < -0.3 is 4.90 Å². The van der Waals surface area contributed by atoms with Crippen molar-refractivity contribution in [1.82, 2.24) is 0 Å². The zero-order chi connectivity index (χ0) is 21.3. The van der Waals surface area contributed by atoms with Gasteiger partial charge in [0.1, 0.15) is 5.92 Å². The normalized spacial score (nSPS) is 13.7. The molecule has 0 atom stereocenters. The molecular formula is C27H35NO2. The van der Waals surface area contributed by atoms with Crippen molar-refractivity contribution in [1.29, 1.82) is 0 Å². The van der Waals surface area contributed by atoms with E-state index in [-0.39, 0.29) is 11.6 Å². The van der Waals surface area contributed by atoms with Gasteiger partial charge in [0.15, 0.2) is 11.6 Å². The predicted octanol–water partition coefficient (Wildman–Crippen LogP) is 6.82. The first-order valence-corrected chi connectivity index (χ1v) is 11.7. The van der Waals surface area contributed by atoms with Gasteiger partial charge >= 0.3 is 0 Å². The molecule has 1 aliphatic rings. The van der Waals surface area contributed by atoms with Gasteiger partial charge in [-0.3, -0.25) is 9.59 Å². The maximum Gasteiger partial charge on any atom is 0.178 e. The zero-order valence-corrected chi connectivity index (χ0v) is 18.5. The Morgan fingerprint density at radius 3 is 1.63 bits per heavy atom. The van der Waals surface area contributed by atoms with Crippen LogP contribution in [0.15, 0.2) is 48.5 Å². The molecule has 30 heavy (non-hydrogen) atoms. The quantitative estimate of drug-likeness (QED) is 0.287. The highest BCUT2D eigenvalue weighted by atomic mass is 16.2. The van der Waals surface area contributed by atoms with Gasteiger partial charge in [0, 0.05) is 29.9 Å². The number of fused-ring (bicyclic) bond motifs is 1. The second-order valence-electron chi connectivity index (χ2n) is 8.41. The van der Waals surface area contributed by atoms with Crippen LogP contribution in [0.25, 0.3) is 0 Å². The average Bonchev–Trinajstić information content (AvgIpc) is 3.03. The summed E-state index contributed by atoms with van der Waals surface area (Å²) in [5.41, 5.74) is 3.12. The second kappa shape index (κ2) is 11.1. The van der Waals surface area contributed by atoms with Crippen LogP contribution in [0.5, 0.6) is 0 Å². The molecule has 0 saturated carbocycles. The molecule has 0 N–H and O–H groups in total. The van der Waals surface area contributed by atoms with Gasteiger partial charge in [-0.25, -0.2) is 0 Å². The number of benzene rings is 2. The molecule has 0 saturated heterocycles. The van der Waals surface area contributed by atoms with Crippen molar-refractivity contribution in [2.24, 2.45) is 0 Å². The van der Waals surface area contributed by atoms with Crippen molar-refractivity contribution >= 4 is 17.3 Å². The van der Waals surface area contributed by atoms with Gasteiger partial charge in [0.25, 0.3) is 0 Å². The van der Waals surface area contributed by atoms with E-state index in [0.717, 1.165) is 18.7 Å². The molecule has 0 bridgehead atoms. The number of unbranched alkanes of at least 4 members (excludes halogenated alkanes) is 6. The summed E-state index contributed by atoms with van der Waals surface area (Å²) in [6.07, 6.45) is 10.0. The van der Waals surface area contributed by atoms with Crippen molar-refractivity contribution in [2.45, 2.75) is 71.1 Å². The van der Waals surface area contributed by atoms with Crippen LogP contribution < -0.4 is 4.90 Å². The molecule has 0 radical (unpaired) electrons. The maximum absolute atomic E-state index is 12.8. The lowest BCUT2D eigenvalue weighted by Gasteiger charge is -2.25. The summed E-state index contributed by atoms with van der Waals surface area (Å²) in [5.74, 6) is -0.822. The number of carbonyl (C=O) groups excluding carboxylic acids is 2. The largest absolute Gasteiger partial charge is 0.372 e. The van der Waals surface area contributed by atoms with E-state index < -0.39 is 5.92 Å². The Kier molecular flexibility index (Phi) is 8.24. The standard InChI is InChI=1S/C27H35NO2/c1-3-5-7-11-19-28(20-12-8-6-4-2)22-17-15-21(16-18-22)25-26(29)23-13-9-10-14-24(23)27(25)30/h9-10,13-18,25H,3-8,11-12,19-20H2,1-2H3. The third-order valence-electron chi connectivity index (χ3n) is 6.14. The molecule has 0 heterocycles. The lowest BCUT2D eigenvalue weighted by Crippen LogP contribution is -2.25. The van der Waals surface area contributed by atoms with Crippen LogP contribution >= 0.6 is 0 Å². The van der Waals surface area contributed by atoms with Crippen LogP contribution in [0.4, 0.5) is 5.69 Å². The van der Waals surface area contributed by atoms with Crippen molar-refractivity contribution in [3.63, 3.8) is 0 Å². The Balaban J connectivity index is 1.71. The molecule has 2 aromatic rings. The summed E-state index contributed by atoms with van der Waals surface area (Å²) in [7, 11) is 0. The summed E-state index contributed by atoms with van der Waals surface area (Å²) in [6, 6.07) is 15.3. The Bertz CT molecular complexity index is 793.